The molecule has 0 saturated heterocycles. The smallest absolute Gasteiger partial charge is 0.241 e. The highest BCUT2D eigenvalue weighted by atomic mass is 35.5. The highest BCUT2D eigenvalue weighted by molar-refractivity contribution is 7.91. The van der Waals surface area contributed by atoms with E-state index in [1.54, 1.807) is 12.1 Å². The van der Waals surface area contributed by atoms with Crippen LogP contribution >= 0.6 is 12.4 Å². The van der Waals surface area contributed by atoms with Gasteiger partial charge in [-0.3, -0.25) is 4.79 Å². The molecule has 20 heavy (non-hydrogen) atoms. The average Bonchev–Trinajstić information content (AvgIpc) is 2.66. The van der Waals surface area contributed by atoms with Gasteiger partial charge in [-0.05, 0) is 30.5 Å². The Morgan fingerprint density at radius 2 is 2.15 bits per heavy atom. The number of nitrogens with two attached hydrogens (primary N) is 1. The van der Waals surface area contributed by atoms with Gasteiger partial charge in [0, 0.05) is 5.69 Å². The molecule has 0 saturated carbocycles. The summed E-state index contributed by atoms with van der Waals surface area (Å²) in [6, 6.07) is 4.43. The summed E-state index contributed by atoms with van der Waals surface area (Å²) in [6.45, 7) is 1.95. The molecular formula is C13H19ClN2O3S. The van der Waals surface area contributed by atoms with Gasteiger partial charge in [-0.1, -0.05) is 19.4 Å². The van der Waals surface area contributed by atoms with Crippen molar-refractivity contribution in [2.45, 2.75) is 37.1 Å². The average molecular weight is 319 g/mol. The topological polar surface area (TPSA) is 89.3 Å². The third-order valence-corrected chi connectivity index (χ3v) is 5.04. The first-order chi connectivity index (χ1) is 8.94. The van der Waals surface area contributed by atoms with E-state index in [0.29, 0.717) is 23.4 Å². The molecule has 5 nitrogen and oxygen atoms in total. The van der Waals surface area contributed by atoms with Crippen LogP contribution in [-0.2, 0) is 21.1 Å². The monoisotopic (exact) mass is 318 g/mol. The molecule has 0 aromatic heterocycles. The fourth-order valence-electron chi connectivity index (χ4n) is 2.16. The Balaban J connectivity index is 0.00000200. The van der Waals surface area contributed by atoms with Crippen molar-refractivity contribution in [3.8, 4) is 0 Å². The van der Waals surface area contributed by atoms with E-state index in [1.807, 2.05) is 6.92 Å². The molecule has 2 rings (SSSR count). The van der Waals surface area contributed by atoms with Crippen LogP contribution in [0.2, 0.25) is 0 Å². The Labute approximate surface area is 125 Å². The van der Waals surface area contributed by atoms with Gasteiger partial charge < -0.3 is 11.1 Å². The van der Waals surface area contributed by atoms with Crippen LogP contribution in [0.15, 0.2) is 23.1 Å². The lowest BCUT2D eigenvalue weighted by Gasteiger charge is -2.12. The summed E-state index contributed by atoms with van der Waals surface area (Å²) in [4.78, 5) is 12.1. The van der Waals surface area contributed by atoms with Gasteiger partial charge in [0.25, 0.3) is 0 Å². The van der Waals surface area contributed by atoms with Crippen molar-refractivity contribution < 1.29 is 13.2 Å². The number of halogens is 1. The van der Waals surface area contributed by atoms with Crippen LogP contribution < -0.4 is 11.1 Å². The van der Waals surface area contributed by atoms with Crippen molar-refractivity contribution in [2.75, 3.05) is 11.1 Å². The number of aryl methyl sites for hydroxylation is 1. The van der Waals surface area contributed by atoms with Crippen LogP contribution in [0, 0.1) is 0 Å². The Morgan fingerprint density at radius 3 is 2.80 bits per heavy atom. The van der Waals surface area contributed by atoms with E-state index in [0.717, 1.165) is 12.0 Å². The largest absolute Gasteiger partial charge is 0.325 e. The summed E-state index contributed by atoms with van der Waals surface area (Å²) in [6.07, 6.45) is 1.98. The number of amides is 1. The summed E-state index contributed by atoms with van der Waals surface area (Å²) in [5.74, 6) is -0.132. The number of rotatable bonds is 4. The number of anilines is 1. The molecule has 0 fully saturated rings. The van der Waals surface area contributed by atoms with Crippen LogP contribution in [0.25, 0.3) is 0 Å². The molecule has 3 N–H and O–H groups in total. The molecule has 1 unspecified atom stereocenters. The Hall–Kier alpha value is -1.11. The molecule has 7 heteroatoms. The molecule has 0 spiro atoms. The second kappa shape index (κ2) is 6.56. The zero-order chi connectivity index (χ0) is 14.0. The minimum absolute atomic E-state index is 0. The number of sulfone groups is 1. The fourth-order valence-corrected chi connectivity index (χ4v) is 3.74. The molecule has 112 valence electrons. The molecule has 1 aromatic rings. The van der Waals surface area contributed by atoms with Crippen molar-refractivity contribution in [1.82, 2.24) is 0 Å². The normalized spacial score (nSPS) is 16.9. The number of nitrogens with one attached hydrogen (secondary N) is 1. The number of carbonyl (C=O) groups is 1. The minimum Gasteiger partial charge on any atom is -0.325 e. The fraction of sp³-hybridized carbons (Fsp3) is 0.462. The van der Waals surface area contributed by atoms with Crippen LogP contribution in [-0.4, -0.2) is 26.1 Å². The van der Waals surface area contributed by atoms with Gasteiger partial charge in [-0.15, -0.1) is 12.4 Å². The SMILES string of the molecule is CCCC(N)C(=O)Nc1ccc2c(c1)S(=O)(=O)CC2.Cl. The second-order valence-corrected chi connectivity index (χ2v) is 6.85. The van der Waals surface area contributed by atoms with E-state index in [1.165, 1.54) is 6.07 Å². The second-order valence-electron chi connectivity index (χ2n) is 4.78. The summed E-state index contributed by atoms with van der Waals surface area (Å²) in [5.41, 5.74) is 7.01. The first-order valence-electron chi connectivity index (χ1n) is 6.36. The van der Waals surface area contributed by atoms with E-state index in [9.17, 15) is 13.2 Å². The van der Waals surface area contributed by atoms with Gasteiger partial charge >= 0.3 is 0 Å². The van der Waals surface area contributed by atoms with Crippen LogP contribution in [0.4, 0.5) is 5.69 Å². The number of carbonyl (C=O) groups excluding carboxylic acids is 1. The van der Waals surface area contributed by atoms with E-state index in [4.69, 9.17) is 5.73 Å². The minimum atomic E-state index is -3.18. The van der Waals surface area contributed by atoms with Crippen LogP contribution in [0.3, 0.4) is 0 Å². The van der Waals surface area contributed by atoms with Gasteiger partial charge in [-0.25, -0.2) is 8.42 Å². The van der Waals surface area contributed by atoms with E-state index < -0.39 is 15.9 Å². The van der Waals surface area contributed by atoms with E-state index in [2.05, 4.69) is 5.32 Å². The Morgan fingerprint density at radius 1 is 1.45 bits per heavy atom. The molecule has 1 atom stereocenters. The van der Waals surface area contributed by atoms with Gasteiger partial charge in [0.05, 0.1) is 16.7 Å². The lowest BCUT2D eigenvalue weighted by molar-refractivity contribution is -0.117. The van der Waals surface area contributed by atoms with Crippen molar-refractivity contribution >= 4 is 33.8 Å². The lowest BCUT2D eigenvalue weighted by atomic mass is 10.1. The molecule has 1 aliphatic rings. The van der Waals surface area contributed by atoms with Crippen molar-refractivity contribution in [1.29, 1.82) is 0 Å². The lowest BCUT2D eigenvalue weighted by Crippen LogP contribution is -2.35. The molecule has 0 radical (unpaired) electrons. The number of fused-ring (bicyclic) bond motifs is 1. The number of benzene rings is 1. The summed E-state index contributed by atoms with van der Waals surface area (Å²) in [5, 5.41) is 2.67. The molecular weight excluding hydrogens is 300 g/mol. The van der Waals surface area contributed by atoms with Crippen molar-refractivity contribution in [3.63, 3.8) is 0 Å². The van der Waals surface area contributed by atoms with Crippen LogP contribution in [0.1, 0.15) is 25.3 Å². The molecule has 1 heterocycles. The van der Waals surface area contributed by atoms with Crippen molar-refractivity contribution in [3.05, 3.63) is 23.8 Å². The number of hydrogen-bond donors (Lipinski definition) is 2. The van der Waals surface area contributed by atoms with Gasteiger partial charge in [0.1, 0.15) is 0 Å². The maximum Gasteiger partial charge on any atom is 0.241 e. The first kappa shape index (κ1) is 16.9. The Kier molecular flexibility index (Phi) is 5.56. The number of hydrogen-bond acceptors (Lipinski definition) is 4. The van der Waals surface area contributed by atoms with E-state index >= 15 is 0 Å². The summed E-state index contributed by atoms with van der Waals surface area (Å²) < 4.78 is 23.6. The molecule has 0 aliphatic carbocycles. The third kappa shape index (κ3) is 3.50. The maximum atomic E-state index is 11.8. The summed E-state index contributed by atoms with van der Waals surface area (Å²) >= 11 is 0. The predicted octanol–water partition coefficient (Wildman–Crippen LogP) is 1.50. The highest BCUT2D eigenvalue weighted by Gasteiger charge is 2.26. The molecule has 1 aromatic carbocycles. The predicted molar refractivity (Wildman–Crippen MR) is 81.0 cm³/mol. The molecule has 0 bridgehead atoms. The standard InChI is InChI=1S/C13H18N2O3S.ClH/c1-2-3-11(14)13(16)15-10-5-4-9-6-7-19(17,18)12(9)8-10;/h4-5,8,11H,2-3,6-7,14H2,1H3,(H,15,16);1H. The zero-order valence-corrected chi connectivity index (χ0v) is 12.9. The highest BCUT2D eigenvalue weighted by Crippen LogP contribution is 2.28. The molecule has 1 amide bonds. The van der Waals surface area contributed by atoms with E-state index in [-0.39, 0.29) is 24.1 Å². The third-order valence-electron chi connectivity index (χ3n) is 3.25. The summed E-state index contributed by atoms with van der Waals surface area (Å²) in [7, 11) is -3.18. The zero-order valence-electron chi connectivity index (χ0n) is 11.3. The van der Waals surface area contributed by atoms with Gasteiger partial charge in [0.2, 0.25) is 5.91 Å². The van der Waals surface area contributed by atoms with Gasteiger partial charge in [-0.2, -0.15) is 0 Å². The van der Waals surface area contributed by atoms with Gasteiger partial charge in [0.15, 0.2) is 9.84 Å². The Bertz CT molecular complexity index is 602. The van der Waals surface area contributed by atoms with Crippen LogP contribution in [0.5, 0.6) is 0 Å². The van der Waals surface area contributed by atoms with Crippen molar-refractivity contribution in [2.24, 2.45) is 5.73 Å². The quantitative estimate of drug-likeness (QED) is 0.880. The maximum absolute atomic E-state index is 11.8. The molecule has 1 aliphatic heterocycles. The first-order valence-corrected chi connectivity index (χ1v) is 8.01.